The Bertz CT molecular complexity index is 151. The molecule has 1 aliphatic rings. The molecule has 0 aliphatic carbocycles. The highest BCUT2D eigenvalue weighted by atomic mass is 16.7. The molecule has 0 spiro atoms. The molecular weight excluding hydrogens is 176 g/mol. The number of methoxy groups -OCH3 is 3. The van der Waals surface area contributed by atoms with E-state index in [1.165, 1.54) is 21.3 Å². The molecule has 1 saturated heterocycles. The second kappa shape index (κ2) is 4.88. The van der Waals surface area contributed by atoms with Gasteiger partial charge in [0, 0.05) is 21.3 Å². The molecule has 13 heavy (non-hydrogen) atoms. The van der Waals surface area contributed by atoms with Crippen LogP contribution in [0.1, 0.15) is 0 Å². The van der Waals surface area contributed by atoms with Gasteiger partial charge in [0.1, 0.15) is 18.3 Å². The third-order valence-electron chi connectivity index (χ3n) is 2.22. The third-order valence-corrected chi connectivity index (χ3v) is 2.22. The fourth-order valence-electron chi connectivity index (χ4n) is 1.42. The Morgan fingerprint density at radius 3 is 2.31 bits per heavy atom. The SMILES string of the molecule is COC1OC[C@@H](OC)[C@@H](O)[C@@H]1OC. The number of aliphatic hydroxyl groups excluding tert-OH is 1. The molecule has 0 aromatic heterocycles. The van der Waals surface area contributed by atoms with Crippen LogP contribution in [0.3, 0.4) is 0 Å². The van der Waals surface area contributed by atoms with E-state index in [2.05, 4.69) is 0 Å². The summed E-state index contributed by atoms with van der Waals surface area (Å²) in [5, 5.41) is 9.72. The summed E-state index contributed by atoms with van der Waals surface area (Å²) in [6, 6.07) is 0. The molecular formula is C8H16O5. The van der Waals surface area contributed by atoms with E-state index in [-0.39, 0.29) is 6.10 Å². The van der Waals surface area contributed by atoms with Gasteiger partial charge in [-0.2, -0.15) is 0 Å². The largest absolute Gasteiger partial charge is 0.387 e. The number of rotatable bonds is 3. The number of hydrogen-bond donors (Lipinski definition) is 1. The van der Waals surface area contributed by atoms with E-state index in [0.717, 1.165) is 0 Å². The third kappa shape index (κ3) is 2.18. The lowest BCUT2D eigenvalue weighted by Crippen LogP contribution is -2.54. The van der Waals surface area contributed by atoms with Crippen LogP contribution < -0.4 is 0 Å². The number of ether oxygens (including phenoxy) is 4. The Balaban J connectivity index is 2.59. The first-order chi connectivity index (χ1) is 6.24. The first-order valence-corrected chi connectivity index (χ1v) is 4.12. The summed E-state index contributed by atoms with van der Waals surface area (Å²) >= 11 is 0. The molecule has 1 rings (SSSR count). The van der Waals surface area contributed by atoms with Gasteiger partial charge in [0.05, 0.1) is 6.61 Å². The quantitative estimate of drug-likeness (QED) is 0.646. The first kappa shape index (κ1) is 10.9. The van der Waals surface area contributed by atoms with Crippen molar-refractivity contribution in [1.29, 1.82) is 0 Å². The fraction of sp³-hybridized carbons (Fsp3) is 1.00. The summed E-state index contributed by atoms with van der Waals surface area (Å²) in [5.74, 6) is 0. The molecule has 4 atom stereocenters. The van der Waals surface area contributed by atoms with Crippen molar-refractivity contribution in [2.75, 3.05) is 27.9 Å². The fourth-order valence-corrected chi connectivity index (χ4v) is 1.42. The van der Waals surface area contributed by atoms with Gasteiger partial charge in [-0.15, -0.1) is 0 Å². The molecule has 0 bridgehead atoms. The Labute approximate surface area is 77.5 Å². The van der Waals surface area contributed by atoms with Crippen LogP contribution in [0.4, 0.5) is 0 Å². The highest BCUT2D eigenvalue weighted by Crippen LogP contribution is 2.19. The molecule has 0 amide bonds. The average molecular weight is 192 g/mol. The van der Waals surface area contributed by atoms with Crippen molar-refractivity contribution in [3.8, 4) is 0 Å². The van der Waals surface area contributed by atoms with Gasteiger partial charge in [0.15, 0.2) is 6.29 Å². The van der Waals surface area contributed by atoms with Crippen LogP contribution >= 0.6 is 0 Å². The predicted molar refractivity (Wildman–Crippen MR) is 44.3 cm³/mol. The van der Waals surface area contributed by atoms with Gasteiger partial charge in [-0.25, -0.2) is 0 Å². The molecule has 1 unspecified atom stereocenters. The van der Waals surface area contributed by atoms with Crippen LogP contribution in [0.15, 0.2) is 0 Å². The molecule has 0 saturated carbocycles. The summed E-state index contributed by atoms with van der Waals surface area (Å²) in [6.07, 6.45) is -2.08. The monoisotopic (exact) mass is 192 g/mol. The van der Waals surface area contributed by atoms with Gasteiger partial charge < -0.3 is 24.1 Å². The van der Waals surface area contributed by atoms with Gasteiger partial charge in [0.2, 0.25) is 0 Å². The maximum Gasteiger partial charge on any atom is 0.186 e. The lowest BCUT2D eigenvalue weighted by atomic mass is 10.1. The predicted octanol–water partition coefficient (Wildman–Crippen LogP) is -0.620. The van der Waals surface area contributed by atoms with Crippen molar-refractivity contribution in [1.82, 2.24) is 0 Å². The van der Waals surface area contributed by atoms with Crippen molar-refractivity contribution < 1.29 is 24.1 Å². The van der Waals surface area contributed by atoms with E-state index in [1.54, 1.807) is 0 Å². The molecule has 5 nitrogen and oxygen atoms in total. The maximum absolute atomic E-state index is 9.72. The molecule has 1 N–H and O–H groups in total. The highest BCUT2D eigenvalue weighted by molar-refractivity contribution is 4.84. The number of hydrogen-bond acceptors (Lipinski definition) is 5. The second-order valence-electron chi connectivity index (χ2n) is 2.90. The van der Waals surface area contributed by atoms with Crippen LogP contribution in [-0.2, 0) is 18.9 Å². The minimum Gasteiger partial charge on any atom is -0.387 e. The minimum atomic E-state index is -0.714. The zero-order chi connectivity index (χ0) is 9.84. The molecule has 5 heteroatoms. The van der Waals surface area contributed by atoms with E-state index in [1.807, 2.05) is 0 Å². The summed E-state index contributed by atoms with van der Waals surface area (Å²) in [6.45, 7) is 0.316. The lowest BCUT2D eigenvalue weighted by Gasteiger charge is -2.37. The van der Waals surface area contributed by atoms with Gasteiger partial charge >= 0.3 is 0 Å². The van der Waals surface area contributed by atoms with E-state index >= 15 is 0 Å². The average Bonchev–Trinajstić information content (AvgIpc) is 2.17. The topological polar surface area (TPSA) is 57.2 Å². The standard InChI is InChI=1S/C8H16O5/c1-10-5-4-13-8(12-3)7(11-2)6(5)9/h5-9H,4H2,1-3H3/t5-,6-,7+,8?/m1/s1. The summed E-state index contributed by atoms with van der Waals surface area (Å²) in [4.78, 5) is 0. The Morgan fingerprint density at radius 2 is 1.85 bits per heavy atom. The van der Waals surface area contributed by atoms with Crippen LogP contribution in [0.5, 0.6) is 0 Å². The summed E-state index contributed by atoms with van der Waals surface area (Å²) in [7, 11) is 4.54. The number of aliphatic hydroxyl groups is 1. The molecule has 0 aromatic rings. The first-order valence-electron chi connectivity index (χ1n) is 4.12. The van der Waals surface area contributed by atoms with E-state index in [0.29, 0.717) is 6.61 Å². The van der Waals surface area contributed by atoms with Gasteiger partial charge in [-0.1, -0.05) is 0 Å². The van der Waals surface area contributed by atoms with Crippen molar-refractivity contribution in [2.24, 2.45) is 0 Å². The Morgan fingerprint density at radius 1 is 1.15 bits per heavy atom. The molecule has 78 valence electrons. The van der Waals surface area contributed by atoms with Crippen molar-refractivity contribution in [3.05, 3.63) is 0 Å². The van der Waals surface area contributed by atoms with Crippen LogP contribution in [-0.4, -0.2) is 57.6 Å². The van der Waals surface area contributed by atoms with E-state index in [4.69, 9.17) is 18.9 Å². The second-order valence-corrected chi connectivity index (χ2v) is 2.90. The normalized spacial score (nSPS) is 40.6. The Kier molecular flexibility index (Phi) is 4.08. The van der Waals surface area contributed by atoms with Crippen molar-refractivity contribution >= 4 is 0 Å². The molecule has 1 heterocycles. The molecule has 0 aromatic carbocycles. The minimum absolute atomic E-state index is 0.316. The highest BCUT2D eigenvalue weighted by Gasteiger charge is 2.40. The van der Waals surface area contributed by atoms with Crippen LogP contribution in [0.2, 0.25) is 0 Å². The lowest BCUT2D eigenvalue weighted by molar-refractivity contribution is -0.271. The van der Waals surface area contributed by atoms with Gasteiger partial charge in [-0.05, 0) is 0 Å². The molecule has 1 fully saturated rings. The van der Waals surface area contributed by atoms with Crippen LogP contribution in [0.25, 0.3) is 0 Å². The summed E-state index contributed by atoms with van der Waals surface area (Å²) in [5.41, 5.74) is 0. The van der Waals surface area contributed by atoms with E-state index in [9.17, 15) is 5.11 Å². The zero-order valence-corrected chi connectivity index (χ0v) is 8.10. The molecule has 0 radical (unpaired) electrons. The van der Waals surface area contributed by atoms with Crippen molar-refractivity contribution in [2.45, 2.75) is 24.6 Å². The van der Waals surface area contributed by atoms with Gasteiger partial charge in [-0.3, -0.25) is 0 Å². The van der Waals surface area contributed by atoms with Crippen molar-refractivity contribution in [3.63, 3.8) is 0 Å². The summed E-state index contributed by atoms with van der Waals surface area (Å²) < 4.78 is 20.3. The zero-order valence-electron chi connectivity index (χ0n) is 8.10. The smallest absolute Gasteiger partial charge is 0.186 e. The molecule has 1 aliphatic heterocycles. The van der Waals surface area contributed by atoms with E-state index < -0.39 is 18.5 Å². The Hall–Kier alpha value is -0.200. The maximum atomic E-state index is 9.72. The van der Waals surface area contributed by atoms with Gasteiger partial charge in [0.25, 0.3) is 0 Å². The van der Waals surface area contributed by atoms with Crippen LogP contribution in [0, 0.1) is 0 Å².